The fourth-order valence-corrected chi connectivity index (χ4v) is 2.96. The number of ether oxygens (including phenoxy) is 1. The predicted molar refractivity (Wildman–Crippen MR) is 73.0 cm³/mol. The van der Waals surface area contributed by atoms with E-state index in [1.54, 1.807) is 12.1 Å². The molecule has 0 saturated carbocycles. The van der Waals surface area contributed by atoms with E-state index in [2.05, 4.69) is 5.32 Å². The number of para-hydroxylation sites is 1. The van der Waals surface area contributed by atoms with Crippen LogP contribution in [0.3, 0.4) is 0 Å². The SMILES string of the molecule is O=C(COc1ccccc1F)N1CCC2CCC(C1)N2. The molecule has 0 aliphatic carbocycles. The Morgan fingerprint density at radius 3 is 2.95 bits per heavy atom. The fraction of sp³-hybridized carbons (Fsp3) is 0.533. The van der Waals surface area contributed by atoms with Crippen molar-refractivity contribution < 1.29 is 13.9 Å². The Bertz CT molecular complexity index is 495. The van der Waals surface area contributed by atoms with Gasteiger partial charge >= 0.3 is 0 Å². The smallest absolute Gasteiger partial charge is 0.260 e. The molecular formula is C15H19FN2O2. The van der Waals surface area contributed by atoms with Gasteiger partial charge in [-0.3, -0.25) is 4.79 Å². The molecule has 2 bridgehead atoms. The minimum atomic E-state index is -0.433. The van der Waals surface area contributed by atoms with Crippen molar-refractivity contribution in [1.82, 2.24) is 10.2 Å². The second-order valence-corrected chi connectivity index (χ2v) is 5.49. The molecule has 1 aromatic rings. The quantitative estimate of drug-likeness (QED) is 0.912. The van der Waals surface area contributed by atoms with Crippen LogP contribution in [0.1, 0.15) is 19.3 Å². The van der Waals surface area contributed by atoms with Crippen LogP contribution < -0.4 is 10.1 Å². The summed E-state index contributed by atoms with van der Waals surface area (Å²) in [6.45, 7) is 1.39. The lowest BCUT2D eigenvalue weighted by Gasteiger charge is -2.24. The van der Waals surface area contributed by atoms with Gasteiger partial charge < -0.3 is 15.0 Å². The van der Waals surface area contributed by atoms with Crippen molar-refractivity contribution in [3.63, 3.8) is 0 Å². The number of hydrogen-bond acceptors (Lipinski definition) is 3. The molecule has 1 N–H and O–H groups in total. The standard InChI is InChI=1S/C15H19FN2O2/c16-13-3-1-2-4-14(13)20-10-15(19)18-8-7-11-5-6-12(9-18)17-11/h1-4,11-12,17H,5-10H2. The Kier molecular flexibility index (Phi) is 3.87. The first-order chi connectivity index (χ1) is 9.72. The van der Waals surface area contributed by atoms with Gasteiger partial charge in [-0.2, -0.15) is 0 Å². The van der Waals surface area contributed by atoms with E-state index in [0.29, 0.717) is 12.1 Å². The van der Waals surface area contributed by atoms with Crippen molar-refractivity contribution in [2.75, 3.05) is 19.7 Å². The number of benzene rings is 1. The van der Waals surface area contributed by atoms with Crippen LogP contribution in [0.25, 0.3) is 0 Å². The van der Waals surface area contributed by atoms with Gasteiger partial charge in [0.05, 0.1) is 0 Å². The number of carbonyl (C=O) groups excluding carboxylic acids is 1. The van der Waals surface area contributed by atoms with Gasteiger partial charge in [-0.15, -0.1) is 0 Å². The van der Waals surface area contributed by atoms with Gasteiger partial charge in [0.25, 0.3) is 5.91 Å². The van der Waals surface area contributed by atoms with Crippen molar-refractivity contribution >= 4 is 5.91 Å². The van der Waals surface area contributed by atoms with Crippen LogP contribution in [0.2, 0.25) is 0 Å². The largest absolute Gasteiger partial charge is 0.481 e. The maximum atomic E-state index is 13.4. The Morgan fingerprint density at radius 2 is 2.10 bits per heavy atom. The van der Waals surface area contributed by atoms with Gasteiger partial charge in [0, 0.05) is 25.2 Å². The molecule has 2 fully saturated rings. The highest BCUT2D eigenvalue weighted by molar-refractivity contribution is 5.77. The first-order valence-electron chi connectivity index (χ1n) is 7.13. The summed E-state index contributed by atoms with van der Waals surface area (Å²) in [5, 5.41) is 3.53. The number of likely N-dealkylation sites (tertiary alicyclic amines) is 1. The van der Waals surface area contributed by atoms with Crippen LogP contribution in [-0.4, -0.2) is 42.6 Å². The Balaban J connectivity index is 1.55. The molecule has 2 saturated heterocycles. The molecule has 2 aliphatic rings. The van der Waals surface area contributed by atoms with Crippen LogP contribution >= 0.6 is 0 Å². The average Bonchev–Trinajstić information content (AvgIpc) is 2.77. The third-order valence-electron chi connectivity index (χ3n) is 4.06. The minimum Gasteiger partial charge on any atom is -0.481 e. The van der Waals surface area contributed by atoms with Gasteiger partial charge in [-0.05, 0) is 31.4 Å². The topological polar surface area (TPSA) is 41.6 Å². The van der Waals surface area contributed by atoms with Crippen LogP contribution in [-0.2, 0) is 4.79 Å². The number of amides is 1. The highest BCUT2D eigenvalue weighted by Crippen LogP contribution is 2.21. The van der Waals surface area contributed by atoms with E-state index in [1.165, 1.54) is 18.6 Å². The minimum absolute atomic E-state index is 0.0670. The van der Waals surface area contributed by atoms with Crippen molar-refractivity contribution in [1.29, 1.82) is 0 Å². The van der Waals surface area contributed by atoms with Crippen LogP contribution in [0, 0.1) is 5.82 Å². The molecule has 0 radical (unpaired) electrons. The summed E-state index contributed by atoms with van der Waals surface area (Å²) in [6, 6.07) is 7.10. The van der Waals surface area contributed by atoms with Crippen molar-refractivity contribution in [2.24, 2.45) is 0 Å². The van der Waals surface area contributed by atoms with E-state index >= 15 is 0 Å². The third-order valence-corrected chi connectivity index (χ3v) is 4.06. The van der Waals surface area contributed by atoms with E-state index in [4.69, 9.17) is 4.74 Å². The second kappa shape index (κ2) is 5.79. The molecule has 4 nitrogen and oxygen atoms in total. The molecule has 0 aromatic heterocycles. The zero-order chi connectivity index (χ0) is 13.9. The summed E-state index contributed by atoms with van der Waals surface area (Å²) < 4.78 is 18.7. The van der Waals surface area contributed by atoms with Gasteiger partial charge in [-0.25, -0.2) is 4.39 Å². The summed E-state index contributed by atoms with van der Waals surface area (Å²) in [6.07, 6.45) is 3.32. The molecule has 2 aliphatic heterocycles. The second-order valence-electron chi connectivity index (χ2n) is 5.49. The Morgan fingerprint density at radius 1 is 1.30 bits per heavy atom. The maximum absolute atomic E-state index is 13.4. The van der Waals surface area contributed by atoms with Gasteiger partial charge in [-0.1, -0.05) is 12.1 Å². The maximum Gasteiger partial charge on any atom is 0.260 e. The number of nitrogens with one attached hydrogen (secondary N) is 1. The van der Waals surface area contributed by atoms with Gasteiger partial charge in [0.2, 0.25) is 0 Å². The summed E-state index contributed by atoms with van der Waals surface area (Å²) >= 11 is 0. The monoisotopic (exact) mass is 278 g/mol. The average molecular weight is 278 g/mol. The molecule has 0 spiro atoms. The third kappa shape index (κ3) is 2.93. The fourth-order valence-electron chi connectivity index (χ4n) is 2.96. The molecule has 1 aromatic carbocycles. The molecule has 20 heavy (non-hydrogen) atoms. The lowest BCUT2D eigenvalue weighted by Crippen LogP contribution is -2.41. The van der Waals surface area contributed by atoms with E-state index < -0.39 is 5.82 Å². The number of carbonyl (C=O) groups is 1. The number of halogens is 1. The van der Waals surface area contributed by atoms with Crippen LogP contribution in [0.4, 0.5) is 4.39 Å². The summed E-state index contributed by atoms with van der Waals surface area (Å²) in [7, 11) is 0. The normalized spacial score (nSPS) is 25.4. The van der Waals surface area contributed by atoms with E-state index in [0.717, 1.165) is 25.9 Å². The van der Waals surface area contributed by atoms with Crippen molar-refractivity contribution in [3.05, 3.63) is 30.1 Å². The number of hydrogen-bond donors (Lipinski definition) is 1. The first-order valence-corrected chi connectivity index (χ1v) is 7.13. The molecule has 2 unspecified atom stereocenters. The highest BCUT2D eigenvalue weighted by Gasteiger charge is 2.31. The number of fused-ring (bicyclic) bond motifs is 2. The summed E-state index contributed by atoms with van der Waals surface area (Å²) in [5.41, 5.74) is 0. The van der Waals surface area contributed by atoms with E-state index in [9.17, 15) is 9.18 Å². The van der Waals surface area contributed by atoms with E-state index in [-0.39, 0.29) is 18.3 Å². The number of nitrogens with zero attached hydrogens (tertiary/aromatic N) is 1. The van der Waals surface area contributed by atoms with Crippen molar-refractivity contribution in [2.45, 2.75) is 31.3 Å². The van der Waals surface area contributed by atoms with Gasteiger partial charge in [0.15, 0.2) is 18.2 Å². The zero-order valence-electron chi connectivity index (χ0n) is 11.3. The molecule has 3 rings (SSSR count). The molecule has 108 valence electrons. The van der Waals surface area contributed by atoms with Gasteiger partial charge in [0.1, 0.15) is 0 Å². The molecule has 2 heterocycles. The molecular weight excluding hydrogens is 259 g/mol. The van der Waals surface area contributed by atoms with E-state index in [1.807, 2.05) is 4.90 Å². The van der Waals surface area contributed by atoms with Crippen LogP contribution in [0.5, 0.6) is 5.75 Å². The Labute approximate surface area is 117 Å². The lowest BCUT2D eigenvalue weighted by atomic mass is 10.1. The molecule has 1 amide bonds. The summed E-state index contributed by atoms with van der Waals surface area (Å²) in [4.78, 5) is 14.0. The number of rotatable bonds is 3. The zero-order valence-corrected chi connectivity index (χ0v) is 11.3. The highest BCUT2D eigenvalue weighted by atomic mass is 19.1. The Hall–Kier alpha value is -1.62. The predicted octanol–water partition coefficient (Wildman–Crippen LogP) is 1.56. The van der Waals surface area contributed by atoms with Crippen molar-refractivity contribution in [3.8, 4) is 5.75 Å². The lowest BCUT2D eigenvalue weighted by molar-refractivity contribution is -0.133. The first kappa shape index (κ1) is 13.4. The van der Waals surface area contributed by atoms with Crippen LogP contribution in [0.15, 0.2) is 24.3 Å². The molecule has 2 atom stereocenters. The summed E-state index contributed by atoms with van der Waals surface area (Å²) in [5.74, 6) is -0.366. The molecule has 5 heteroatoms.